The molecule has 2 aliphatic heterocycles. The molecule has 2 fully saturated rings. The second-order valence-corrected chi connectivity index (χ2v) is 5.23. The van der Waals surface area contributed by atoms with Crippen molar-refractivity contribution in [2.45, 2.75) is 51.3 Å². The predicted molar refractivity (Wildman–Crippen MR) is 59.8 cm³/mol. The molecular weight excluding hydrogens is 190 g/mol. The predicted octanol–water partition coefficient (Wildman–Crippen LogP) is 1.26. The maximum absolute atomic E-state index is 10.0. The zero-order chi connectivity index (χ0) is 10.8. The molecule has 2 heterocycles. The van der Waals surface area contributed by atoms with Crippen LogP contribution in [0.1, 0.15) is 33.1 Å². The number of hydrogen-bond donors (Lipinski definition) is 1. The zero-order valence-electron chi connectivity index (χ0n) is 9.85. The third-order valence-electron chi connectivity index (χ3n) is 3.88. The summed E-state index contributed by atoms with van der Waals surface area (Å²) in [5.41, 5.74) is 0. The molecule has 4 atom stereocenters. The molecule has 0 saturated carbocycles. The summed E-state index contributed by atoms with van der Waals surface area (Å²) in [5.74, 6) is 0.760. The highest BCUT2D eigenvalue weighted by atomic mass is 16.5. The van der Waals surface area contributed by atoms with E-state index in [9.17, 15) is 5.11 Å². The van der Waals surface area contributed by atoms with Gasteiger partial charge in [0.05, 0.1) is 18.8 Å². The van der Waals surface area contributed by atoms with Gasteiger partial charge in [0.25, 0.3) is 0 Å². The molecule has 3 nitrogen and oxygen atoms in total. The van der Waals surface area contributed by atoms with Crippen molar-refractivity contribution in [2.24, 2.45) is 5.92 Å². The van der Waals surface area contributed by atoms with Gasteiger partial charge in [-0.2, -0.15) is 0 Å². The Labute approximate surface area is 92.4 Å². The Hall–Kier alpha value is -0.120. The Morgan fingerprint density at radius 3 is 2.73 bits per heavy atom. The Bertz CT molecular complexity index is 210. The molecular formula is C12H23NO2. The van der Waals surface area contributed by atoms with Crippen LogP contribution >= 0.6 is 0 Å². The van der Waals surface area contributed by atoms with Gasteiger partial charge >= 0.3 is 0 Å². The van der Waals surface area contributed by atoms with E-state index in [1.807, 2.05) is 0 Å². The molecule has 88 valence electrons. The number of piperidine rings is 1. The summed E-state index contributed by atoms with van der Waals surface area (Å²) in [6, 6.07) is 0.832. The van der Waals surface area contributed by atoms with Crippen LogP contribution in [-0.4, -0.2) is 48.0 Å². The quantitative estimate of drug-likeness (QED) is 0.711. The van der Waals surface area contributed by atoms with Gasteiger partial charge in [-0.3, -0.25) is 4.90 Å². The van der Waals surface area contributed by atoms with E-state index < -0.39 is 0 Å². The first kappa shape index (κ1) is 11.4. The number of ether oxygens (including phenoxy) is 1. The van der Waals surface area contributed by atoms with Gasteiger partial charge in [-0.15, -0.1) is 0 Å². The number of likely N-dealkylation sites (tertiary alicyclic amines) is 1. The lowest BCUT2D eigenvalue weighted by Gasteiger charge is -2.45. The van der Waals surface area contributed by atoms with Crippen LogP contribution in [0.5, 0.6) is 0 Å². The van der Waals surface area contributed by atoms with Gasteiger partial charge in [-0.25, -0.2) is 0 Å². The van der Waals surface area contributed by atoms with Crippen LogP contribution in [0.4, 0.5) is 0 Å². The van der Waals surface area contributed by atoms with E-state index >= 15 is 0 Å². The van der Waals surface area contributed by atoms with Crippen LogP contribution in [0, 0.1) is 5.92 Å². The molecule has 0 aromatic rings. The van der Waals surface area contributed by atoms with Crippen LogP contribution in [0.25, 0.3) is 0 Å². The topological polar surface area (TPSA) is 32.7 Å². The van der Waals surface area contributed by atoms with Crippen molar-refractivity contribution in [1.29, 1.82) is 0 Å². The molecule has 0 aromatic carbocycles. The van der Waals surface area contributed by atoms with E-state index in [0.717, 1.165) is 25.5 Å². The molecule has 2 saturated heterocycles. The number of aliphatic hydroxyl groups excluding tert-OH is 1. The number of hydrogen-bond acceptors (Lipinski definition) is 3. The van der Waals surface area contributed by atoms with Crippen molar-refractivity contribution in [2.75, 3.05) is 19.8 Å². The fraction of sp³-hybridized carbons (Fsp3) is 1.00. The summed E-state index contributed by atoms with van der Waals surface area (Å²) < 4.78 is 5.49. The number of rotatable bonds is 1. The fourth-order valence-electron chi connectivity index (χ4n) is 2.81. The van der Waals surface area contributed by atoms with Crippen LogP contribution in [-0.2, 0) is 4.74 Å². The molecule has 2 rings (SSSR count). The van der Waals surface area contributed by atoms with E-state index in [2.05, 4.69) is 18.7 Å². The Morgan fingerprint density at radius 1 is 1.20 bits per heavy atom. The molecule has 0 aliphatic carbocycles. The van der Waals surface area contributed by atoms with Crippen LogP contribution in [0.3, 0.4) is 0 Å². The first-order valence-corrected chi connectivity index (χ1v) is 6.20. The molecule has 0 aromatic heterocycles. The third-order valence-corrected chi connectivity index (χ3v) is 3.88. The highest BCUT2D eigenvalue weighted by Gasteiger charge is 2.34. The summed E-state index contributed by atoms with van der Waals surface area (Å²) in [6.07, 6.45) is 3.18. The molecule has 4 unspecified atom stereocenters. The monoisotopic (exact) mass is 213 g/mol. The average Bonchev–Trinajstić information content (AvgIpc) is 2.23. The van der Waals surface area contributed by atoms with Crippen molar-refractivity contribution in [3.63, 3.8) is 0 Å². The number of aliphatic hydroxyl groups is 1. The molecule has 0 radical (unpaired) electrons. The van der Waals surface area contributed by atoms with E-state index in [0.29, 0.717) is 12.6 Å². The van der Waals surface area contributed by atoms with Crippen molar-refractivity contribution in [3.8, 4) is 0 Å². The Balaban J connectivity index is 1.99. The minimum Gasteiger partial charge on any atom is -0.391 e. The molecule has 2 aliphatic rings. The van der Waals surface area contributed by atoms with Crippen LogP contribution in [0.15, 0.2) is 0 Å². The smallest absolute Gasteiger partial charge is 0.0739 e. The Kier molecular flexibility index (Phi) is 3.65. The molecule has 0 spiro atoms. The molecule has 0 amide bonds. The fourth-order valence-corrected chi connectivity index (χ4v) is 2.81. The average molecular weight is 213 g/mol. The summed E-state index contributed by atoms with van der Waals surface area (Å²) in [6.45, 7) is 7.11. The normalized spacial score (nSPS) is 44.2. The zero-order valence-corrected chi connectivity index (χ0v) is 9.85. The van der Waals surface area contributed by atoms with Crippen molar-refractivity contribution in [3.05, 3.63) is 0 Å². The first-order valence-electron chi connectivity index (χ1n) is 6.20. The summed E-state index contributed by atoms with van der Waals surface area (Å²) in [5, 5.41) is 10.0. The maximum Gasteiger partial charge on any atom is 0.0739 e. The highest BCUT2D eigenvalue weighted by Crippen LogP contribution is 2.26. The summed E-state index contributed by atoms with van der Waals surface area (Å²) in [4.78, 5) is 2.46. The van der Waals surface area contributed by atoms with Gasteiger partial charge in [-0.05, 0) is 32.1 Å². The lowest BCUT2D eigenvalue weighted by Crippen LogP contribution is -2.55. The highest BCUT2D eigenvalue weighted by molar-refractivity contribution is 4.88. The minimum absolute atomic E-state index is 0.188. The lowest BCUT2D eigenvalue weighted by molar-refractivity contribution is -0.0835. The summed E-state index contributed by atoms with van der Waals surface area (Å²) >= 11 is 0. The second-order valence-electron chi connectivity index (χ2n) is 5.23. The van der Waals surface area contributed by atoms with Gasteiger partial charge in [0.2, 0.25) is 0 Å². The number of nitrogens with zero attached hydrogens (tertiary/aromatic N) is 1. The molecule has 0 bridgehead atoms. The summed E-state index contributed by atoms with van der Waals surface area (Å²) in [7, 11) is 0. The maximum atomic E-state index is 10.0. The van der Waals surface area contributed by atoms with Gasteiger partial charge < -0.3 is 9.84 Å². The van der Waals surface area contributed by atoms with E-state index in [1.54, 1.807) is 0 Å². The Morgan fingerprint density at radius 2 is 2.00 bits per heavy atom. The SMILES string of the molecule is CC1CCC(C)N(C2COCCC2O)C1. The molecule has 1 N–H and O–H groups in total. The van der Waals surface area contributed by atoms with Crippen LogP contribution < -0.4 is 0 Å². The molecule has 3 heteroatoms. The van der Waals surface area contributed by atoms with E-state index in [4.69, 9.17) is 4.74 Å². The lowest BCUT2D eigenvalue weighted by atomic mass is 9.91. The van der Waals surface area contributed by atoms with Crippen molar-refractivity contribution >= 4 is 0 Å². The third kappa shape index (κ3) is 2.52. The minimum atomic E-state index is -0.188. The largest absolute Gasteiger partial charge is 0.391 e. The van der Waals surface area contributed by atoms with Gasteiger partial charge in [0, 0.05) is 19.2 Å². The first-order chi connectivity index (χ1) is 7.18. The second kappa shape index (κ2) is 4.81. The van der Waals surface area contributed by atoms with Gasteiger partial charge in [0.1, 0.15) is 0 Å². The van der Waals surface area contributed by atoms with E-state index in [1.165, 1.54) is 12.8 Å². The van der Waals surface area contributed by atoms with Crippen molar-refractivity contribution in [1.82, 2.24) is 4.90 Å². The standard InChI is InChI=1S/C12H23NO2/c1-9-3-4-10(2)13(7-9)11-8-15-6-5-12(11)14/h9-12,14H,3-8H2,1-2H3. The van der Waals surface area contributed by atoms with Gasteiger partial charge in [0.15, 0.2) is 0 Å². The van der Waals surface area contributed by atoms with Crippen LogP contribution in [0.2, 0.25) is 0 Å². The molecule has 15 heavy (non-hydrogen) atoms. The van der Waals surface area contributed by atoms with E-state index in [-0.39, 0.29) is 12.1 Å². The van der Waals surface area contributed by atoms with Crippen molar-refractivity contribution < 1.29 is 9.84 Å². The van der Waals surface area contributed by atoms with Gasteiger partial charge in [-0.1, -0.05) is 6.92 Å².